The Hall–Kier alpha value is -1.61. The average molecular weight is 418 g/mol. The Morgan fingerprint density at radius 1 is 1.05 bits per heavy atom. The summed E-state index contributed by atoms with van der Waals surface area (Å²) in [5, 5.41) is 2.59. The van der Waals surface area contributed by atoms with E-state index in [4.69, 9.17) is 5.73 Å². The second kappa shape index (κ2) is 8.63. The van der Waals surface area contributed by atoms with Gasteiger partial charge in [-0.3, -0.25) is 10.1 Å². The topological polar surface area (TPSA) is 107 Å². The highest BCUT2D eigenvalue weighted by Gasteiger charge is 2.07. The predicted molar refractivity (Wildman–Crippen MR) is 87.3 cm³/mol. The number of hydrogen-bond donors (Lipinski definition) is 2. The lowest BCUT2D eigenvalue weighted by molar-refractivity contribution is -0.118. The van der Waals surface area contributed by atoms with E-state index in [9.17, 15) is 4.79 Å². The fraction of sp³-hybridized carbons (Fsp3) is 0.250. The van der Waals surface area contributed by atoms with Gasteiger partial charge in [-0.05, 0) is 31.9 Å². The molecule has 0 atom stereocenters. The van der Waals surface area contributed by atoms with Crippen LogP contribution in [0.25, 0.3) is 0 Å². The molecule has 0 aromatic carbocycles. The van der Waals surface area contributed by atoms with Crippen molar-refractivity contribution in [2.45, 2.75) is 13.8 Å². The lowest BCUT2D eigenvalue weighted by Crippen LogP contribution is -2.19. The Kier molecular flexibility index (Phi) is 7.17. The normalized spacial score (nSPS) is 9.76. The van der Waals surface area contributed by atoms with Crippen LogP contribution >= 0.6 is 31.9 Å². The summed E-state index contributed by atoms with van der Waals surface area (Å²) in [6.07, 6.45) is 6.37. The van der Waals surface area contributed by atoms with E-state index >= 15 is 0 Å². The van der Waals surface area contributed by atoms with Crippen LogP contribution in [0.15, 0.2) is 33.7 Å². The quantitative estimate of drug-likeness (QED) is 0.777. The number of nitrogens with one attached hydrogen (secondary N) is 1. The Morgan fingerprint density at radius 3 is 1.86 bits per heavy atom. The van der Waals surface area contributed by atoms with Crippen molar-refractivity contribution in [1.29, 1.82) is 0 Å². The molecule has 9 heteroatoms. The first-order valence-electron chi connectivity index (χ1n) is 5.90. The minimum Gasteiger partial charge on any atom is -0.368 e. The number of rotatable bonds is 2. The molecule has 1 amide bonds. The van der Waals surface area contributed by atoms with Gasteiger partial charge in [0.05, 0.1) is 8.95 Å². The molecule has 0 aliphatic rings. The summed E-state index contributed by atoms with van der Waals surface area (Å²) in [5.74, 6) is 0.490. The highest BCUT2D eigenvalue weighted by Crippen LogP contribution is 2.07. The molecule has 0 unspecified atom stereocenters. The van der Waals surface area contributed by atoms with Crippen LogP contribution in [-0.4, -0.2) is 25.8 Å². The molecule has 2 heterocycles. The number of halogens is 2. The standard InChI is InChI=1S/C8H10BrN3O.C4H4BrN3/c1-5(2)7(13)12-8-10-3-6(9)4-11-8;5-3-1-7-4(6)8-2-3/h3-5H,1-2H3,(H,10,11,12,13);1-2H,(H2,6,7,8). The molecule has 0 saturated carbocycles. The summed E-state index contributed by atoms with van der Waals surface area (Å²) in [7, 11) is 0. The number of amides is 1. The zero-order chi connectivity index (χ0) is 15.8. The summed E-state index contributed by atoms with van der Waals surface area (Å²) in [4.78, 5) is 26.4. The molecule has 0 aliphatic carbocycles. The molecule has 0 saturated heterocycles. The molecule has 2 aromatic heterocycles. The molecule has 7 nitrogen and oxygen atoms in total. The van der Waals surface area contributed by atoms with E-state index < -0.39 is 0 Å². The van der Waals surface area contributed by atoms with Gasteiger partial charge < -0.3 is 5.73 Å². The van der Waals surface area contributed by atoms with Crippen molar-refractivity contribution in [3.63, 3.8) is 0 Å². The van der Waals surface area contributed by atoms with E-state index in [1.807, 2.05) is 13.8 Å². The van der Waals surface area contributed by atoms with E-state index in [0.29, 0.717) is 11.9 Å². The summed E-state index contributed by atoms with van der Waals surface area (Å²) < 4.78 is 1.63. The lowest BCUT2D eigenvalue weighted by Gasteiger charge is -2.04. The van der Waals surface area contributed by atoms with Crippen LogP contribution in [0.3, 0.4) is 0 Å². The molecule has 112 valence electrons. The van der Waals surface area contributed by atoms with Crippen molar-refractivity contribution >= 4 is 49.7 Å². The van der Waals surface area contributed by atoms with Gasteiger partial charge in [-0.1, -0.05) is 13.8 Å². The molecule has 0 spiro atoms. The molecule has 0 radical (unpaired) electrons. The minimum absolute atomic E-state index is 0.0627. The fourth-order valence-electron chi connectivity index (χ4n) is 0.954. The number of carbonyl (C=O) groups excluding carboxylic acids is 1. The summed E-state index contributed by atoms with van der Waals surface area (Å²) in [6.45, 7) is 3.63. The highest BCUT2D eigenvalue weighted by atomic mass is 79.9. The zero-order valence-corrected chi connectivity index (χ0v) is 14.6. The third kappa shape index (κ3) is 7.09. The van der Waals surface area contributed by atoms with Crippen molar-refractivity contribution in [1.82, 2.24) is 19.9 Å². The van der Waals surface area contributed by atoms with Crippen LogP contribution in [0, 0.1) is 5.92 Å². The van der Waals surface area contributed by atoms with Gasteiger partial charge in [-0.2, -0.15) is 0 Å². The maximum absolute atomic E-state index is 11.2. The van der Waals surface area contributed by atoms with Gasteiger partial charge in [0.1, 0.15) is 0 Å². The number of aromatic nitrogens is 4. The molecular weight excluding hydrogens is 404 g/mol. The van der Waals surface area contributed by atoms with Crippen molar-refractivity contribution < 1.29 is 4.79 Å². The number of carbonyl (C=O) groups is 1. The van der Waals surface area contributed by atoms with Gasteiger partial charge in [0.15, 0.2) is 0 Å². The summed E-state index contributed by atoms with van der Waals surface area (Å²) in [6, 6.07) is 0. The number of hydrogen-bond acceptors (Lipinski definition) is 6. The first-order valence-corrected chi connectivity index (χ1v) is 7.48. The third-order valence-corrected chi connectivity index (χ3v) is 2.84. The largest absolute Gasteiger partial charge is 0.368 e. The number of nitrogen functional groups attached to an aromatic ring is 1. The minimum atomic E-state index is -0.0812. The monoisotopic (exact) mass is 416 g/mol. The van der Waals surface area contributed by atoms with E-state index in [1.165, 1.54) is 0 Å². The SMILES string of the molecule is CC(C)C(=O)Nc1ncc(Br)cn1.Nc1ncc(Br)cn1. The molecule has 0 fully saturated rings. The van der Waals surface area contributed by atoms with Crippen molar-refractivity contribution in [2.75, 3.05) is 11.1 Å². The molecule has 0 bridgehead atoms. The van der Waals surface area contributed by atoms with Crippen LogP contribution in [0.1, 0.15) is 13.8 Å². The second-order valence-corrected chi connectivity index (χ2v) is 5.96. The van der Waals surface area contributed by atoms with Crippen molar-refractivity contribution in [3.8, 4) is 0 Å². The van der Waals surface area contributed by atoms with Gasteiger partial charge in [-0.25, -0.2) is 19.9 Å². The van der Waals surface area contributed by atoms with Crippen LogP contribution in [0.4, 0.5) is 11.9 Å². The van der Waals surface area contributed by atoms with Crippen LogP contribution in [0.2, 0.25) is 0 Å². The van der Waals surface area contributed by atoms with Crippen LogP contribution in [-0.2, 0) is 4.79 Å². The first kappa shape index (κ1) is 17.4. The molecule has 0 aliphatic heterocycles. The van der Waals surface area contributed by atoms with E-state index in [-0.39, 0.29) is 11.8 Å². The number of anilines is 2. The molecule has 3 N–H and O–H groups in total. The molecule has 2 rings (SSSR count). The molecule has 21 heavy (non-hydrogen) atoms. The zero-order valence-electron chi connectivity index (χ0n) is 11.4. The summed E-state index contributed by atoms with van der Waals surface area (Å²) in [5.41, 5.74) is 5.18. The third-order valence-electron chi connectivity index (χ3n) is 2.02. The molecule has 2 aromatic rings. The van der Waals surface area contributed by atoms with Gasteiger partial charge in [0.25, 0.3) is 0 Å². The van der Waals surface area contributed by atoms with Crippen molar-refractivity contribution in [3.05, 3.63) is 33.7 Å². The van der Waals surface area contributed by atoms with Crippen LogP contribution < -0.4 is 11.1 Å². The highest BCUT2D eigenvalue weighted by molar-refractivity contribution is 9.10. The first-order chi connectivity index (χ1) is 9.88. The molecular formula is C12H14Br2N6O. The Labute approximate surface area is 139 Å². The van der Waals surface area contributed by atoms with E-state index in [1.54, 1.807) is 24.8 Å². The Morgan fingerprint density at radius 2 is 1.48 bits per heavy atom. The van der Waals surface area contributed by atoms with E-state index in [2.05, 4.69) is 57.1 Å². The van der Waals surface area contributed by atoms with Crippen molar-refractivity contribution in [2.24, 2.45) is 5.92 Å². The smallest absolute Gasteiger partial charge is 0.229 e. The maximum Gasteiger partial charge on any atom is 0.229 e. The number of nitrogens with two attached hydrogens (primary N) is 1. The second-order valence-electron chi connectivity index (χ2n) is 4.13. The Balaban J connectivity index is 0.000000235. The van der Waals surface area contributed by atoms with Gasteiger partial charge in [0.2, 0.25) is 17.8 Å². The fourth-order valence-corrected chi connectivity index (χ4v) is 1.36. The predicted octanol–water partition coefficient (Wildman–Crippen LogP) is 2.65. The number of nitrogens with zero attached hydrogens (tertiary/aromatic N) is 4. The Bertz CT molecular complexity index is 552. The van der Waals surface area contributed by atoms with Gasteiger partial charge >= 0.3 is 0 Å². The van der Waals surface area contributed by atoms with Gasteiger partial charge in [-0.15, -0.1) is 0 Å². The van der Waals surface area contributed by atoms with Crippen LogP contribution in [0.5, 0.6) is 0 Å². The average Bonchev–Trinajstić information content (AvgIpc) is 2.45. The maximum atomic E-state index is 11.2. The van der Waals surface area contributed by atoms with Gasteiger partial charge in [0, 0.05) is 30.7 Å². The summed E-state index contributed by atoms with van der Waals surface area (Å²) >= 11 is 6.37. The lowest BCUT2D eigenvalue weighted by atomic mass is 10.2. The van der Waals surface area contributed by atoms with E-state index in [0.717, 1.165) is 8.95 Å².